The number of para-hydroxylation sites is 1. The van der Waals surface area contributed by atoms with Crippen LogP contribution in [0.4, 0.5) is 10.1 Å². The lowest BCUT2D eigenvalue weighted by atomic mass is 10.0. The van der Waals surface area contributed by atoms with Crippen molar-refractivity contribution in [1.82, 2.24) is 0 Å². The number of hydrogen-bond acceptors (Lipinski definition) is 1. The van der Waals surface area contributed by atoms with Crippen LogP contribution in [0.2, 0.25) is 5.02 Å². The SMILES string of the molecule is O=C(Nc1ccccc1Cc1ccccc1)c1ccc(F)cc1Cl. The molecule has 0 radical (unpaired) electrons. The zero-order valence-electron chi connectivity index (χ0n) is 12.8. The summed E-state index contributed by atoms with van der Waals surface area (Å²) in [6, 6.07) is 21.3. The Hall–Kier alpha value is -2.65. The number of nitrogens with one attached hydrogen (secondary N) is 1. The molecule has 0 heterocycles. The van der Waals surface area contributed by atoms with Crippen LogP contribution in [0.3, 0.4) is 0 Å². The van der Waals surface area contributed by atoms with Gasteiger partial charge in [0, 0.05) is 5.69 Å². The molecular formula is C20H15ClFNO. The van der Waals surface area contributed by atoms with Gasteiger partial charge in [-0.05, 0) is 41.8 Å². The molecular weight excluding hydrogens is 325 g/mol. The van der Waals surface area contributed by atoms with E-state index in [1.54, 1.807) is 0 Å². The van der Waals surface area contributed by atoms with Gasteiger partial charge in [0.2, 0.25) is 0 Å². The van der Waals surface area contributed by atoms with Gasteiger partial charge < -0.3 is 5.32 Å². The summed E-state index contributed by atoms with van der Waals surface area (Å²) in [6.07, 6.45) is 0.703. The summed E-state index contributed by atoms with van der Waals surface area (Å²) in [5, 5.41) is 2.95. The maximum Gasteiger partial charge on any atom is 0.257 e. The molecule has 3 aromatic rings. The van der Waals surface area contributed by atoms with Crippen molar-refractivity contribution in [3.05, 3.63) is 100 Å². The number of amides is 1. The first-order valence-electron chi connectivity index (χ1n) is 7.52. The van der Waals surface area contributed by atoms with Crippen LogP contribution < -0.4 is 5.32 Å². The quantitative estimate of drug-likeness (QED) is 0.684. The Kier molecular flexibility index (Phi) is 4.92. The predicted molar refractivity (Wildman–Crippen MR) is 95.1 cm³/mol. The van der Waals surface area contributed by atoms with Crippen molar-refractivity contribution in [3.63, 3.8) is 0 Å². The van der Waals surface area contributed by atoms with Gasteiger partial charge in [-0.25, -0.2) is 4.39 Å². The van der Waals surface area contributed by atoms with Crippen molar-refractivity contribution in [3.8, 4) is 0 Å². The number of carbonyl (C=O) groups is 1. The number of anilines is 1. The largest absolute Gasteiger partial charge is 0.322 e. The van der Waals surface area contributed by atoms with E-state index in [9.17, 15) is 9.18 Å². The Morgan fingerprint density at radius 2 is 1.67 bits per heavy atom. The van der Waals surface area contributed by atoms with Crippen LogP contribution in [-0.2, 0) is 6.42 Å². The van der Waals surface area contributed by atoms with Crippen molar-refractivity contribution in [2.24, 2.45) is 0 Å². The zero-order chi connectivity index (χ0) is 16.9. The van der Waals surface area contributed by atoms with Crippen molar-refractivity contribution in [2.45, 2.75) is 6.42 Å². The summed E-state index contributed by atoms with van der Waals surface area (Å²) in [7, 11) is 0. The van der Waals surface area contributed by atoms with Gasteiger partial charge in [0.25, 0.3) is 5.91 Å². The van der Waals surface area contributed by atoms with Gasteiger partial charge in [-0.15, -0.1) is 0 Å². The molecule has 0 aliphatic rings. The Bertz CT molecular complexity index is 865. The van der Waals surface area contributed by atoms with E-state index in [0.717, 1.165) is 17.2 Å². The first-order chi connectivity index (χ1) is 11.6. The average Bonchev–Trinajstić information content (AvgIpc) is 2.57. The minimum absolute atomic E-state index is 0.0908. The molecule has 0 saturated heterocycles. The topological polar surface area (TPSA) is 29.1 Å². The fraction of sp³-hybridized carbons (Fsp3) is 0.0500. The van der Waals surface area contributed by atoms with E-state index in [2.05, 4.69) is 5.32 Å². The fourth-order valence-electron chi connectivity index (χ4n) is 2.48. The van der Waals surface area contributed by atoms with Crippen LogP contribution in [0.5, 0.6) is 0 Å². The predicted octanol–water partition coefficient (Wildman–Crippen LogP) is 5.32. The second-order valence-electron chi connectivity index (χ2n) is 5.40. The Morgan fingerprint density at radius 3 is 2.42 bits per heavy atom. The summed E-state index contributed by atoms with van der Waals surface area (Å²) in [5.74, 6) is -0.832. The molecule has 0 bridgehead atoms. The third kappa shape index (κ3) is 3.81. The highest BCUT2D eigenvalue weighted by atomic mass is 35.5. The lowest BCUT2D eigenvalue weighted by Gasteiger charge is -2.12. The molecule has 0 saturated carbocycles. The molecule has 0 aromatic heterocycles. The fourth-order valence-corrected chi connectivity index (χ4v) is 2.73. The molecule has 4 heteroatoms. The molecule has 0 aliphatic heterocycles. The molecule has 0 atom stereocenters. The molecule has 2 nitrogen and oxygen atoms in total. The smallest absolute Gasteiger partial charge is 0.257 e. The molecule has 0 spiro atoms. The first-order valence-corrected chi connectivity index (χ1v) is 7.89. The molecule has 24 heavy (non-hydrogen) atoms. The molecule has 1 amide bonds. The minimum Gasteiger partial charge on any atom is -0.322 e. The Labute approximate surface area is 144 Å². The first kappa shape index (κ1) is 16.2. The number of halogens is 2. The van der Waals surface area contributed by atoms with E-state index in [4.69, 9.17) is 11.6 Å². The van der Waals surface area contributed by atoms with Gasteiger partial charge in [-0.1, -0.05) is 60.1 Å². The van der Waals surface area contributed by atoms with Crippen LogP contribution in [0.15, 0.2) is 72.8 Å². The van der Waals surface area contributed by atoms with Crippen molar-refractivity contribution < 1.29 is 9.18 Å². The van der Waals surface area contributed by atoms with Gasteiger partial charge in [0.05, 0.1) is 10.6 Å². The summed E-state index contributed by atoms with van der Waals surface area (Å²) in [5.41, 5.74) is 3.11. The maximum atomic E-state index is 13.1. The lowest BCUT2D eigenvalue weighted by Crippen LogP contribution is -2.14. The van der Waals surface area contributed by atoms with Crippen LogP contribution >= 0.6 is 11.6 Å². The standard InChI is InChI=1S/C20H15ClFNO/c21-18-13-16(22)10-11-17(18)20(24)23-19-9-5-4-8-15(19)12-14-6-2-1-3-7-14/h1-11,13H,12H2,(H,23,24). The molecule has 0 aliphatic carbocycles. The lowest BCUT2D eigenvalue weighted by molar-refractivity contribution is 0.102. The van der Waals surface area contributed by atoms with E-state index in [1.807, 2.05) is 54.6 Å². The summed E-state index contributed by atoms with van der Waals surface area (Å²) >= 11 is 5.96. The summed E-state index contributed by atoms with van der Waals surface area (Å²) < 4.78 is 13.1. The molecule has 3 rings (SSSR count). The molecule has 0 fully saturated rings. The highest BCUT2D eigenvalue weighted by molar-refractivity contribution is 6.34. The number of hydrogen-bond donors (Lipinski definition) is 1. The van der Waals surface area contributed by atoms with Crippen LogP contribution in [0.1, 0.15) is 21.5 Å². The highest BCUT2D eigenvalue weighted by Gasteiger charge is 2.13. The Morgan fingerprint density at radius 1 is 0.958 bits per heavy atom. The van der Waals surface area contributed by atoms with Gasteiger partial charge in [0.15, 0.2) is 0 Å². The van der Waals surface area contributed by atoms with E-state index in [1.165, 1.54) is 12.1 Å². The second kappa shape index (κ2) is 7.28. The van der Waals surface area contributed by atoms with Crippen molar-refractivity contribution in [1.29, 1.82) is 0 Å². The van der Waals surface area contributed by atoms with Crippen molar-refractivity contribution >= 4 is 23.2 Å². The molecule has 0 unspecified atom stereocenters. The number of carbonyl (C=O) groups excluding carboxylic acids is 1. The zero-order valence-corrected chi connectivity index (χ0v) is 13.6. The van der Waals surface area contributed by atoms with E-state index >= 15 is 0 Å². The molecule has 3 aromatic carbocycles. The van der Waals surface area contributed by atoms with Crippen LogP contribution in [0, 0.1) is 5.82 Å². The number of rotatable bonds is 4. The van der Waals surface area contributed by atoms with E-state index in [-0.39, 0.29) is 16.5 Å². The van der Waals surface area contributed by atoms with Gasteiger partial charge in [0.1, 0.15) is 5.82 Å². The van der Waals surface area contributed by atoms with Gasteiger partial charge in [-0.2, -0.15) is 0 Å². The highest BCUT2D eigenvalue weighted by Crippen LogP contribution is 2.22. The maximum absolute atomic E-state index is 13.1. The van der Waals surface area contributed by atoms with E-state index < -0.39 is 5.82 Å². The summed E-state index contributed by atoms with van der Waals surface area (Å²) in [4.78, 5) is 12.4. The number of benzene rings is 3. The second-order valence-corrected chi connectivity index (χ2v) is 5.81. The third-order valence-corrected chi connectivity index (χ3v) is 3.99. The van der Waals surface area contributed by atoms with Gasteiger partial charge in [-0.3, -0.25) is 4.79 Å². The molecule has 120 valence electrons. The normalized spacial score (nSPS) is 10.4. The van der Waals surface area contributed by atoms with Crippen LogP contribution in [-0.4, -0.2) is 5.91 Å². The summed E-state index contributed by atoms with van der Waals surface area (Å²) in [6.45, 7) is 0. The Balaban J connectivity index is 1.84. The van der Waals surface area contributed by atoms with Gasteiger partial charge >= 0.3 is 0 Å². The third-order valence-electron chi connectivity index (χ3n) is 3.68. The van der Waals surface area contributed by atoms with Crippen molar-refractivity contribution in [2.75, 3.05) is 5.32 Å². The monoisotopic (exact) mass is 339 g/mol. The molecule has 1 N–H and O–H groups in total. The minimum atomic E-state index is -0.471. The van der Waals surface area contributed by atoms with Crippen LogP contribution in [0.25, 0.3) is 0 Å². The van der Waals surface area contributed by atoms with E-state index in [0.29, 0.717) is 12.1 Å². The average molecular weight is 340 g/mol.